The van der Waals surface area contributed by atoms with E-state index in [-0.39, 0.29) is 5.75 Å². The van der Waals surface area contributed by atoms with Gasteiger partial charge in [0.1, 0.15) is 12.0 Å². The molecule has 0 aliphatic heterocycles. The summed E-state index contributed by atoms with van der Waals surface area (Å²) >= 11 is 0. The number of aromatic hydroxyl groups is 1. The van der Waals surface area contributed by atoms with Crippen molar-refractivity contribution in [3.8, 4) is 5.75 Å². The van der Waals surface area contributed by atoms with E-state index in [4.69, 9.17) is 5.11 Å². The third-order valence-electron chi connectivity index (χ3n) is 4.69. The summed E-state index contributed by atoms with van der Waals surface area (Å²) in [5.41, 5.74) is 0.577. The number of hydrogen-bond acceptors (Lipinski definition) is 2. The molecule has 2 heteroatoms. The van der Waals surface area contributed by atoms with Crippen molar-refractivity contribution in [2.45, 2.75) is 90.4 Å². The van der Waals surface area contributed by atoms with E-state index < -0.39 is 0 Å². The molecule has 0 atom stereocenters. The van der Waals surface area contributed by atoms with Crippen LogP contribution in [-0.2, 0) is 0 Å². The SMILES string of the molecule is CCCCCCCCCCCCC1CC1.O=Cc1ccc(O)cc1. The molecule has 0 heterocycles. The molecule has 24 heavy (non-hydrogen) atoms. The van der Waals surface area contributed by atoms with Crippen LogP contribution in [-0.4, -0.2) is 11.4 Å². The van der Waals surface area contributed by atoms with E-state index >= 15 is 0 Å². The second kappa shape index (κ2) is 14.1. The fourth-order valence-electron chi connectivity index (χ4n) is 2.88. The Bertz CT molecular complexity index is 406. The number of rotatable bonds is 12. The highest BCUT2D eigenvalue weighted by Crippen LogP contribution is 2.34. The molecule has 2 nitrogen and oxygen atoms in total. The Hall–Kier alpha value is -1.31. The summed E-state index contributed by atoms with van der Waals surface area (Å²) in [7, 11) is 0. The predicted octanol–water partition coefficient (Wildman–Crippen LogP) is 6.91. The lowest BCUT2D eigenvalue weighted by Crippen LogP contribution is -1.82. The molecule has 0 aromatic heterocycles. The zero-order chi connectivity index (χ0) is 17.5. The van der Waals surface area contributed by atoms with Gasteiger partial charge in [-0.2, -0.15) is 0 Å². The normalized spacial score (nSPS) is 13.2. The number of benzene rings is 1. The van der Waals surface area contributed by atoms with Crippen molar-refractivity contribution in [2.75, 3.05) is 0 Å². The zero-order valence-corrected chi connectivity index (χ0v) is 15.5. The molecule has 0 radical (unpaired) electrons. The molecule has 136 valence electrons. The quantitative estimate of drug-likeness (QED) is 0.333. The molecule has 0 saturated heterocycles. The largest absolute Gasteiger partial charge is 0.508 e. The lowest BCUT2D eigenvalue weighted by atomic mass is 10.1. The van der Waals surface area contributed by atoms with Crippen LogP contribution in [0.5, 0.6) is 5.75 Å². The molecular weight excluding hydrogens is 296 g/mol. The van der Waals surface area contributed by atoms with Crippen LogP contribution >= 0.6 is 0 Å². The van der Waals surface area contributed by atoms with Crippen LogP contribution < -0.4 is 0 Å². The van der Waals surface area contributed by atoms with Crippen LogP contribution in [0.15, 0.2) is 24.3 Å². The van der Waals surface area contributed by atoms with Crippen LogP contribution in [0, 0.1) is 5.92 Å². The molecule has 1 N–H and O–H groups in total. The van der Waals surface area contributed by atoms with E-state index in [0.29, 0.717) is 5.56 Å². The Labute approximate surface area is 148 Å². The lowest BCUT2D eigenvalue weighted by Gasteiger charge is -2.01. The molecule has 0 amide bonds. The third-order valence-corrected chi connectivity index (χ3v) is 4.69. The molecule has 1 aliphatic rings. The summed E-state index contributed by atoms with van der Waals surface area (Å²) < 4.78 is 0. The van der Waals surface area contributed by atoms with Crippen LogP contribution in [0.1, 0.15) is 101 Å². The Balaban J connectivity index is 0.000000272. The van der Waals surface area contributed by atoms with Crippen molar-refractivity contribution in [1.82, 2.24) is 0 Å². The van der Waals surface area contributed by atoms with Crippen molar-refractivity contribution in [2.24, 2.45) is 5.92 Å². The summed E-state index contributed by atoms with van der Waals surface area (Å²) in [6, 6.07) is 6.07. The van der Waals surface area contributed by atoms with Crippen LogP contribution in [0.2, 0.25) is 0 Å². The van der Waals surface area contributed by atoms with E-state index in [0.717, 1.165) is 12.2 Å². The maximum Gasteiger partial charge on any atom is 0.150 e. The van der Waals surface area contributed by atoms with Gasteiger partial charge in [0.2, 0.25) is 0 Å². The first-order valence-corrected chi connectivity index (χ1v) is 10.0. The van der Waals surface area contributed by atoms with E-state index in [1.807, 2.05) is 0 Å². The topological polar surface area (TPSA) is 37.3 Å². The molecular formula is C22H36O2. The first kappa shape index (κ1) is 20.7. The van der Waals surface area contributed by atoms with Crippen molar-refractivity contribution in [1.29, 1.82) is 0 Å². The molecule has 1 saturated carbocycles. The molecule has 0 unspecified atom stereocenters. The van der Waals surface area contributed by atoms with Crippen molar-refractivity contribution in [3.63, 3.8) is 0 Å². The number of unbranched alkanes of at least 4 members (excludes halogenated alkanes) is 9. The van der Waals surface area contributed by atoms with Gasteiger partial charge < -0.3 is 5.11 Å². The maximum atomic E-state index is 10.0. The third kappa shape index (κ3) is 12.2. The highest BCUT2D eigenvalue weighted by Gasteiger charge is 2.19. The minimum atomic E-state index is 0.181. The average Bonchev–Trinajstić information content (AvgIpc) is 3.42. The van der Waals surface area contributed by atoms with Gasteiger partial charge in [-0.25, -0.2) is 0 Å². The smallest absolute Gasteiger partial charge is 0.150 e. The minimum absolute atomic E-state index is 0.181. The van der Waals surface area contributed by atoms with E-state index in [2.05, 4.69) is 6.92 Å². The number of phenolic OH excluding ortho intramolecular Hbond substituents is 1. The Morgan fingerprint density at radius 2 is 1.38 bits per heavy atom. The molecule has 1 fully saturated rings. The number of hydrogen-bond donors (Lipinski definition) is 1. The fourth-order valence-corrected chi connectivity index (χ4v) is 2.88. The summed E-state index contributed by atoms with van der Waals surface area (Å²) in [5.74, 6) is 1.33. The average molecular weight is 333 g/mol. The summed E-state index contributed by atoms with van der Waals surface area (Å²) in [5, 5.41) is 8.74. The van der Waals surface area contributed by atoms with Gasteiger partial charge in [-0.15, -0.1) is 0 Å². The van der Waals surface area contributed by atoms with E-state index in [1.54, 1.807) is 12.1 Å². The maximum absolute atomic E-state index is 10.0. The second-order valence-electron chi connectivity index (χ2n) is 7.12. The lowest BCUT2D eigenvalue weighted by molar-refractivity contribution is 0.112. The Kier molecular flexibility index (Phi) is 12.2. The molecule has 1 aromatic rings. The summed E-state index contributed by atoms with van der Waals surface area (Å²) in [6.07, 6.45) is 20.1. The van der Waals surface area contributed by atoms with Gasteiger partial charge in [-0.05, 0) is 30.2 Å². The van der Waals surface area contributed by atoms with Gasteiger partial charge in [0.25, 0.3) is 0 Å². The van der Waals surface area contributed by atoms with Crippen LogP contribution in [0.4, 0.5) is 0 Å². The van der Waals surface area contributed by atoms with Crippen LogP contribution in [0.25, 0.3) is 0 Å². The van der Waals surface area contributed by atoms with Gasteiger partial charge in [0.15, 0.2) is 0 Å². The Morgan fingerprint density at radius 3 is 1.83 bits per heavy atom. The highest BCUT2D eigenvalue weighted by molar-refractivity contribution is 5.74. The Morgan fingerprint density at radius 1 is 0.875 bits per heavy atom. The molecule has 1 aliphatic carbocycles. The summed E-state index contributed by atoms with van der Waals surface area (Å²) in [6.45, 7) is 2.29. The number of carbonyl (C=O) groups excluding carboxylic acids is 1. The standard InChI is InChI=1S/C15H30.C7H6O2/c1-2-3-4-5-6-7-8-9-10-11-12-15-13-14-15;8-5-6-1-3-7(9)4-2-6/h15H,2-14H2,1H3;1-5,9H. The van der Waals surface area contributed by atoms with Crippen LogP contribution in [0.3, 0.4) is 0 Å². The predicted molar refractivity (Wildman–Crippen MR) is 103 cm³/mol. The first-order chi connectivity index (χ1) is 11.8. The van der Waals surface area contributed by atoms with Gasteiger partial charge in [-0.3, -0.25) is 4.79 Å². The second-order valence-corrected chi connectivity index (χ2v) is 7.12. The van der Waals surface area contributed by atoms with Crippen molar-refractivity contribution >= 4 is 6.29 Å². The molecule has 2 rings (SSSR count). The minimum Gasteiger partial charge on any atom is -0.508 e. The molecule has 0 bridgehead atoms. The number of carbonyl (C=O) groups is 1. The van der Waals surface area contributed by atoms with E-state index in [9.17, 15) is 4.79 Å². The van der Waals surface area contributed by atoms with Gasteiger partial charge in [0.05, 0.1) is 0 Å². The van der Waals surface area contributed by atoms with Gasteiger partial charge >= 0.3 is 0 Å². The van der Waals surface area contributed by atoms with Crippen molar-refractivity contribution < 1.29 is 9.90 Å². The van der Waals surface area contributed by atoms with Gasteiger partial charge in [-0.1, -0.05) is 90.4 Å². The van der Waals surface area contributed by atoms with Crippen molar-refractivity contribution in [3.05, 3.63) is 29.8 Å². The number of aldehydes is 1. The monoisotopic (exact) mass is 332 g/mol. The van der Waals surface area contributed by atoms with Gasteiger partial charge in [0, 0.05) is 5.56 Å². The fraction of sp³-hybridized carbons (Fsp3) is 0.682. The summed E-state index contributed by atoms with van der Waals surface area (Å²) in [4.78, 5) is 10.0. The highest BCUT2D eigenvalue weighted by atomic mass is 16.3. The zero-order valence-electron chi connectivity index (χ0n) is 15.5. The van der Waals surface area contributed by atoms with E-state index in [1.165, 1.54) is 95.6 Å². The first-order valence-electron chi connectivity index (χ1n) is 10.0. The molecule has 0 spiro atoms. The number of phenols is 1. The molecule has 1 aromatic carbocycles.